The van der Waals surface area contributed by atoms with Gasteiger partial charge in [0.25, 0.3) is 0 Å². The predicted molar refractivity (Wildman–Crippen MR) is 52.9 cm³/mol. The van der Waals surface area contributed by atoms with E-state index in [1.807, 2.05) is 13.8 Å². The van der Waals surface area contributed by atoms with Crippen molar-refractivity contribution in [2.75, 3.05) is 0 Å². The molecule has 0 bridgehead atoms. The van der Waals surface area contributed by atoms with Crippen LogP contribution in [0.4, 0.5) is 8.78 Å². The van der Waals surface area contributed by atoms with E-state index in [1.54, 1.807) is 0 Å². The van der Waals surface area contributed by atoms with Gasteiger partial charge >= 0.3 is 0 Å². The maximum atomic E-state index is 13.1. The molecule has 0 aromatic heterocycles. The molecule has 1 aromatic carbocycles. The molecule has 0 fully saturated rings. The van der Waals surface area contributed by atoms with Crippen LogP contribution in [0.3, 0.4) is 0 Å². The van der Waals surface area contributed by atoms with Gasteiger partial charge in [0.05, 0.1) is 0 Å². The van der Waals surface area contributed by atoms with Crippen molar-refractivity contribution in [3.05, 3.63) is 35.4 Å². The Hall–Kier alpha value is -0.960. The summed E-state index contributed by atoms with van der Waals surface area (Å²) in [6, 6.07) is 3.64. The molecule has 14 heavy (non-hydrogen) atoms. The number of hydrogen-bond acceptors (Lipinski definition) is 1. The molecule has 0 aliphatic heterocycles. The Labute approximate surface area is 82.9 Å². The van der Waals surface area contributed by atoms with Gasteiger partial charge in [-0.3, -0.25) is 0 Å². The minimum absolute atomic E-state index is 0.319. The van der Waals surface area contributed by atoms with Crippen LogP contribution in [0.1, 0.15) is 25.8 Å². The van der Waals surface area contributed by atoms with Crippen molar-refractivity contribution in [2.45, 2.75) is 32.2 Å². The highest BCUT2D eigenvalue weighted by Crippen LogP contribution is 2.15. The lowest BCUT2D eigenvalue weighted by molar-refractivity contribution is 0.469. The molecular weight excluding hydrogens is 184 g/mol. The monoisotopic (exact) mass is 199 g/mol. The van der Waals surface area contributed by atoms with E-state index in [0.29, 0.717) is 18.4 Å². The largest absolute Gasteiger partial charge is 0.326 e. The van der Waals surface area contributed by atoms with Crippen molar-refractivity contribution in [2.24, 2.45) is 5.73 Å². The van der Waals surface area contributed by atoms with E-state index in [-0.39, 0.29) is 5.54 Å². The molecule has 0 unspecified atom stereocenters. The van der Waals surface area contributed by atoms with Crippen LogP contribution in [0.15, 0.2) is 18.2 Å². The lowest BCUT2D eigenvalue weighted by Gasteiger charge is -2.18. The van der Waals surface area contributed by atoms with Crippen molar-refractivity contribution < 1.29 is 8.78 Å². The van der Waals surface area contributed by atoms with Crippen LogP contribution in [0, 0.1) is 11.6 Å². The summed E-state index contributed by atoms with van der Waals surface area (Å²) in [6.07, 6.45) is 1.21. The minimum Gasteiger partial charge on any atom is -0.326 e. The van der Waals surface area contributed by atoms with Gasteiger partial charge in [0.15, 0.2) is 0 Å². The third kappa shape index (κ3) is 3.42. The second kappa shape index (κ2) is 4.05. The second-order valence-corrected chi connectivity index (χ2v) is 4.22. The number of nitrogens with two attached hydrogens (primary N) is 1. The molecule has 78 valence electrons. The van der Waals surface area contributed by atoms with Crippen LogP contribution < -0.4 is 5.73 Å². The molecule has 0 saturated heterocycles. The van der Waals surface area contributed by atoms with E-state index in [9.17, 15) is 8.78 Å². The summed E-state index contributed by atoms with van der Waals surface area (Å²) in [7, 11) is 0. The third-order valence-corrected chi connectivity index (χ3v) is 2.05. The van der Waals surface area contributed by atoms with Crippen LogP contribution in [0.2, 0.25) is 0 Å². The third-order valence-electron chi connectivity index (χ3n) is 2.05. The fraction of sp³-hybridized carbons (Fsp3) is 0.455. The Bertz CT molecular complexity index is 316. The van der Waals surface area contributed by atoms with Crippen LogP contribution >= 0.6 is 0 Å². The lowest BCUT2D eigenvalue weighted by Crippen LogP contribution is -2.32. The molecule has 3 heteroatoms. The zero-order valence-corrected chi connectivity index (χ0v) is 8.48. The van der Waals surface area contributed by atoms with Crippen LogP contribution in [-0.4, -0.2) is 5.54 Å². The van der Waals surface area contributed by atoms with Crippen molar-refractivity contribution in [3.63, 3.8) is 0 Å². The molecule has 0 spiro atoms. The summed E-state index contributed by atoms with van der Waals surface area (Å²) >= 11 is 0. The minimum atomic E-state index is -0.543. The first kappa shape index (κ1) is 11.1. The van der Waals surface area contributed by atoms with E-state index < -0.39 is 11.6 Å². The van der Waals surface area contributed by atoms with Gasteiger partial charge < -0.3 is 5.73 Å². The van der Waals surface area contributed by atoms with Gasteiger partial charge in [-0.05, 0) is 38.3 Å². The van der Waals surface area contributed by atoms with Gasteiger partial charge in [-0.1, -0.05) is 6.07 Å². The summed E-state index contributed by atoms with van der Waals surface area (Å²) in [5, 5.41) is 0. The number of benzene rings is 1. The van der Waals surface area contributed by atoms with Gasteiger partial charge in [0, 0.05) is 11.6 Å². The number of hydrogen-bond donors (Lipinski definition) is 1. The summed E-state index contributed by atoms with van der Waals surface area (Å²) in [4.78, 5) is 0. The molecule has 1 aromatic rings. The Kier molecular flexibility index (Phi) is 3.21. The first-order valence-electron chi connectivity index (χ1n) is 4.61. The van der Waals surface area contributed by atoms with Crippen LogP contribution in [0.25, 0.3) is 0 Å². The Morgan fingerprint density at radius 3 is 2.43 bits per heavy atom. The average Bonchev–Trinajstić information content (AvgIpc) is 2.00. The lowest BCUT2D eigenvalue weighted by atomic mass is 9.96. The van der Waals surface area contributed by atoms with Gasteiger partial charge in [0.1, 0.15) is 11.6 Å². The maximum Gasteiger partial charge on any atom is 0.129 e. The van der Waals surface area contributed by atoms with E-state index in [4.69, 9.17) is 5.73 Å². The number of aryl methyl sites for hydroxylation is 1. The van der Waals surface area contributed by atoms with Gasteiger partial charge in [-0.25, -0.2) is 8.78 Å². The molecule has 1 nitrogen and oxygen atoms in total. The van der Waals surface area contributed by atoms with Crippen molar-refractivity contribution in [1.82, 2.24) is 0 Å². The zero-order chi connectivity index (χ0) is 10.8. The van der Waals surface area contributed by atoms with E-state index >= 15 is 0 Å². The molecule has 0 aliphatic carbocycles. The first-order chi connectivity index (χ1) is 6.38. The summed E-state index contributed by atoms with van der Waals surface area (Å²) in [5.41, 5.74) is 5.97. The highest BCUT2D eigenvalue weighted by Gasteiger charge is 2.12. The summed E-state index contributed by atoms with van der Waals surface area (Å²) < 4.78 is 25.7. The first-order valence-corrected chi connectivity index (χ1v) is 4.61. The van der Waals surface area contributed by atoms with Crippen molar-refractivity contribution >= 4 is 0 Å². The fourth-order valence-corrected chi connectivity index (χ4v) is 1.18. The molecule has 0 radical (unpaired) electrons. The Morgan fingerprint density at radius 2 is 1.93 bits per heavy atom. The maximum absolute atomic E-state index is 13.1. The molecule has 1 rings (SSSR count). The van der Waals surface area contributed by atoms with Crippen molar-refractivity contribution in [3.8, 4) is 0 Å². The number of rotatable bonds is 3. The molecule has 0 atom stereocenters. The molecule has 2 N–H and O–H groups in total. The highest BCUT2D eigenvalue weighted by molar-refractivity contribution is 5.18. The number of halogens is 2. The van der Waals surface area contributed by atoms with E-state index in [0.717, 1.165) is 6.07 Å². The van der Waals surface area contributed by atoms with E-state index in [1.165, 1.54) is 12.1 Å². The fourth-order valence-electron chi connectivity index (χ4n) is 1.18. The second-order valence-electron chi connectivity index (χ2n) is 4.22. The molecular formula is C11H15F2N. The summed E-state index contributed by atoms with van der Waals surface area (Å²) in [5.74, 6) is -1.03. The topological polar surface area (TPSA) is 26.0 Å². The normalized spacial score (nSPS) is 11.8. The summed E-state index contributed by atoms with van der Waals surface area (Å²) in [6.45, 7) is 3.77. The van der Waals surface area contributed by atoms with E-state index in [2.05, 4.69) is 0 Å². The highest BCUT2D eigenvalue weighted by atomic mass is 19.1. The SMILES string of the molecule is CC(C)(N)CCc1ccc(F)cc1F. The van der Waals surface area contributed by atoms with Crippen LogP contribution in [-0.2, 0) is 6.42 Å². The van der Waals surface area contributed by atoms with Gasteiger partial charge in [-0.2, -0.15) is 0 Å². The average molecular weight is 199 g/mol. The molecule has 0 heterocycles. The van der Waals surface area contributed by atoms with Crippen molar-refractivity contribution in [1.29, 1.82) is 0 Å². The van der Waals surface area contributed by atoms with Gasteiger partial charge in [-0.15, -0.1) is 0 Å². The molecule has 0 amide bonds. The molecule has 0 saturated carbocycles. The smallest absolute Gasteiger partial charge is 0.129 e. The van der Waals surface area contributed by atoms with Gasteiger partial charge in [0.2, 0.25) is 0 Å². The Morgan fingerprint density at radius 1 is 1.29 bits per heavy atom. The van der Waals surface area contributed by atoms with Crippen LogP contribution in [0.5, 0.6) is 0 Å². The molecule has 0 aliphatic rings. The zero-order valence-electron chi connectivity index (χ0n) is 8.48. The Balaban J connectivity index is 2.68. The predicted octanol–water partition coefficient (Wildman–Crippen LogP) is 2.63. The standard InChI is InChI=1S/C11H15F2N/c1-11(2,14)6-5-8-3-4-9(12)7-10(8)13/h3-4,7H,5-6,14H2,1-2H3. The quantitative estimate of drug-likeness (QED) is 0.795.